The molecule has 2 aromatic heterocycles. The molecule has 8 heteroatoms. The van der Waals surface area contributed by atoms with Crippen LogP contribution in [0.4, 0.5) is 0 Å². The zero-order chi connectivity index (χ0) is 17.5. The van der Waals surface area contributed by atoms with Gasteiger partial charge in [0, 0.05) is 19.1 Å². The molecule has 0 atom stereocenters. The SMILES string of the molecule is Cc1oc(-c2cccs2)nc1CC(=O)NCCNC1CCCCCC1.Cl.Cl. The summed E-state index contributed by atoms with van der Waals surface area (Å²) in [5, 5.41) is 8.53. The number of nitrogens with zero attached hydrogens (tertiary/aromatic N) is 1. The van der Waals surface area contributed by atoms with E-state index in [4.69, 9.17) is 4.42 Å². The number of oxazole rings is 1. The van der Waals surface area contributed by atoms with Crippen molar-refractivity contribution in [2.45, 2.75) is 57.9 Å². The van der Waals surface area contributed by atoms with Gasteiger partial charge in [0.05, 0.1) is 17.0 Å². The van der Waals surface area contributed by atoms with Crippen LogP contribution in [0.3, 0.4) is 0 Å². The molecule has 1 saturated carbocycles. The fraction of sp³-hybridized carbons (Fsp3) is 0.579. The normalized spacial score (nSPS) is 14.7. The van der Waals surface area contributed by atoms with Crippen molar-refractivity contribution in [3.8, 4) is 10.8 Å². The van der Waals surface area contributed by atoms with E-state index in [1.165, 1.54) is 38.5 Å². The van der Waals surface area contributed by atoms with E-state index in [2.05, 4.69) is 15.6 Å². The third kappa shape index (κ3) is 7.45. The van der Waals surface area contributed by atoms with Gasteiger partial charge in [-0.1, -0.05) is 31.7 Å². The molecule has 0 unspecified atom stereocenters. The first-order valence-corrected chi connectivity index (χ1v) is 10.1. The van der Waals surface area contributed by atoms with E-state index in [1.807, 2.05) is 24.4 Å². The molecule has 2 N–H and O–H groups in total. The Labute approximate surface area is 177 Å². The maximum Gasteiger partial charge on any atom is 0.236 e. The van der Waals surface area contributed by atoms with Crippen LogP contribution in [0.15, 0.2) is 21.9 Å². The Kier molecular flexibility index (Phi) is 11.0. The average molecular weight is 434 g/mol. The number of thiophene rings is 1. The minimum atomic E-state index is -0.00297. The summed E-state index contributed by atoms with van der Waals surface area (Å²) in [6, 6.07) is 4.55. The number of hydrogen-bond donors (Lipinski definition) is 2. The summed E-state index contributed by atoms with van der Waals surface area (Å²) in [6.45, 7) is 3.35. The molecule has 3 rings (SSSR count). The molecular weight excluding hydrogens is 405 g/mol. The number of aromatic nitrogens is 1. The Hall–Kier alpha value is -1.08. The van der Waals surface area contributed by atoms with Gasteiger partial charge in [-0.05, 0) is 31.2 Å². The van der Waals surface area contributed by atoms with Crippen LogP contribution in [0.25, 0.3) is 10.8 Å². The molecule has 1 aliphatic rings. The highest BCUT2D eigenvalue weighted by Crippen LogP contribution is 2.26. The summed E-state index contributed by atoms with van der Waals surface area (Å²) in [7, 11) is 0. The van der Waals surface area contributed by atoms with Crippen LogP contribution in [0.2, 0.25) is 0 Å². The Morgan fingerprint density at radius 1 is 1.22 bits per heavy atom. The van der Waals surface area contributed by atoms with E-state index in [0.29, 0.717) is 18.5 Å². The van der Waals surface area contributed by atoms with Crippen molar-refractivity contribution in [2.24, 2.45) is 0 Å². The van der Waals surface area contributed by atoms with E-state index in [-0.39, 0.29) is 37.1 Å². The number of hydrogen-bond acceptors (Lipinski definition) is 5. The van der Waals surface area contributed by atoms with Crippen LogP contribution in [0.1, 0.15) is 50.0 Å². The lowest BCUT2D eigenvalue weighted by atomic mass is 10.1. The maximum atomic E-state index is 12.1. The Morgan fingerprint density at radius 3 is 2.63 bits per heavy atom. The zero-order valence-electron chi connectivity index (χ0n) is 15.7. The van der Waals surface area contributed by atoms with Crippen LogP contribution in [0, 0.1) is 6.92 Å². The third-order valence-corrected chi connectivity index (χ3v) is 5.55. The predicted molar refractivity (Wildman–Crippen MR) is 115 cm³/mol. The van der Waals surface area contributed by atoms with E-state index in [9.17, 15) is 4.79 Å². The second-order valence-corrected chi connectivity index (χ2v) is 7.62. The van der Waals surface area contributed by atoms with E-state index in [0.717, 1.165) is 22.9 Å². The summed E-state index contributed by atoms with van der Waals surface area (Å²) in [6.07, 6.45) is 8.15. The van der Waals surface area contributed by atoms with Gasteiger partial charge in [0.25, 0.3) is 0 Å². The molecule has 0 bridgehead atoms. The Morgan fingerprint density at radius 2 is 1.96 bits per heavy atom. The average Bonchev–Trinajstić information content (AvgIpc) is 3.17. The molecule has 0 spiro atoms. The highest BCUT2D eigenvalue weighted by Gasteiger charge is 2.15. The van der Waals surface area contributed by atoms with Gasteiger partial charge in [0.1, 0.15) is 5.76 Å². The van der Waals surface area contributed by atoms with Gasteiger partial charge in [-0.3, -0.25) is 4.79 Å². The first-order chi connectivity index (χ1) is 12.2. The highest BCUT2D eigenvalue weighted by molar-refractivity contribution is 7.13. The molecule has 0 aliphatic heterocycles. The molecule has 1 aliphatic carbocycles. The molecule has 0 saturated heterocycles. The van der Waals surface area contributed by atoms with Gasteiger partial charge >= 0.3 is 0 Å². The topological polar surface area (TPSA) is 67.2 Å². The van der Waals surface area contributed by atoms with Crippen LogP contribution in [-0.2, 0) is 11.2 Å². The second-order valence-electron chi connectivity index (χ2n) is 6.67. The van der Waals surface area contributed by atoms with Crippen molar-refractivity contribution in [3.63, 3.8) is 0 Å². The smallest absolute Gasteiger partial charge is 0.236 e. The standard InChI is InChI=1S/C19H27N3O2S.2ClH/c1-14-16(22-19(24-14)17-9-6-12-25-17)13-18(23)21-11-10-20-15-7-4-2-3-5-8-15;;/h6,9,12,15,20H,2-5,7-8,10-11,13H2,1H3,(H,21,23);2*1H. The van der Waals surface area contributed by atoms with Gasteiger partial charge in [0.15, 0.2) is 0 Å². The van der Waals surface area contributed by atoms with E-state index >= 15 is 0 Å². The van der Waals surface area contributed by atoms with Crippen LogP contribution >= 0.6 is 36.2 Å². The van der Waals surface area contributed by atoms with Crippen molar-refractivity contribution >= 4 is 42.1 Å². The molecule has 0 radical (unpaired) electrons. The van der Waals surface area contributed by atoms with E-state index in [1.54, 1.807) is 11.3 Å². The maximum absolute atomic E-state index is 12.1. The number of rotatable bonds is 7. The number of aryl methyl sites for hydroxylation is 1. The van der Waals surface area contributed by atoms with E-state index < -0.39 is 0 Å². The van der Waals surface area contributed by atoms with Crippen molar-refractivity contribution in [2.75, 3.05) is 13.1 Å². The third-order valence-electron chi connectivity index (χ3n) is 4.69. The monoisotopic (exact) mass is 433 g/mol. The molecule has 0 aromatic carbocycles. The highest BCUT2D eigenvalue weighted by atomic mass is 35.5. The van der Waals surface area contributed by atoms with Crippen molar-refractivity contribution < 1.29 is 9.21 Å². The number of carbonyl (C=O) groups is 1. The van der Waals surface area contributed by atoms with Gasteiger partial charge in [-0.25, -0.2) is 4.98 Å². The van der Waals surface area contributed by atoms with Crippen LogP contribution < -0.4 is 10.6 Å². The number of amides is 1. The number of halogens is 2. The Bertz CT molecular complexity index is 669. The summed E-state index contributed by atoms with van der Waals surface area (Å²) in [4.78, 5) is 17.6. The predicted octanol–water partition coefficient (Wildman–Crippen LogP) is 4.53. The second kappa shape index (κ2) is 12.4. The van der Waals surface area contributed by atoms with Crippen LogP contribution in [-0.4, -0.2) is 30.0 Å². The lowest BCUT2D eigenvalue weighted by Crippen LogP contribution is -2.37. The van der Waals surface area contributed by atoms with Crippen molar-refractivity contribution in [1.29, 1.82) is 0 Å². The first kappa shape index (κ1) is 24.0. The molecule has 1 amide bonds. The molecule has 152 valence electrons. The molecule has 27 heavy (non-hydrogen) atoms. The summed E-state index contributed by atoms with van der Waals surface area (Å²) in [5.41, 5.74) is 0.720. The molecule has 2 aromatic rings. The minimum Gasteiger partial charge on any atom is -0.440 e. The lowest BCUT2D eigenvalue weighted by molar-refractivity contribution is -0.120. The Balaban J connectivity index is 0.00000182. The minimum absolute atomic E-state index is 0. The summed E-state index contributed by atoms with van der Waals surface area (Å²) >= 11 is 1.58. The number of nitrogens with one attached hydrogen (secondary N) is 2. The molecular formula is C19H29Cl2N3O2S. The van der Waals surface area contributed by atoms with Crippen molar-refractivity contribution in [3.05, 3.63) is 29.0 Å². The first-order valence-electron chi connectivity index (χ1n) is 9.22. The largest absolute Gasteiger partial charge is 0.440 e. The molecule has 2 heterocycles. The zero-order valence-corrected chi connectivity index (χ0v) is 18.1. The summed E-state index contributed by atoms with van der Waals surface area (Å²) in [5.74, 6) is 1.32. The van der Waals surface area contributed by atoms with Gasteiger partial charge in [-0.2, -0.15) is 0 Å². The van der Waals surface area contributed by atoms with Gasteiger partial charge in [0.2, 0.25) is 11.8 Å². The fourth-order valence-corrected chi connectivity index (χ4v) is 3.92. The molecule has 1 fully saturated rings. The number of carbonyl (C=O) groups excluding carboxylic acids is 1. The fourth-order valence-electron chi connectivity index (χ4n) is 3.27. The summed E-state index contributed by atoms with van der Waals surface area (Å²) < 4.78 is 5.68. The quantitative estimate of drug-likeness (QED) is 0.497. The molecule has 5 nitrogen and oxygen atoms in total. The van der Waals surface area contributed by atoms with Gasteiger partial charge in [-0.15, -0.1) is 36.2 Å². The van der Waals surface area contributed by atoms with Crippen LogP contribution in [0.5, 0.6) is 0 Å². The lowest BCUT2D eigenvalue weighted by Gasteiger charge is -2.16. The van der Waals surface area contributed by atoms with Gasteiger partial charge < -0.3 is 15.1 Å². The van der Waals surface area contributed by atoms with Crippen molar-refractivity contribution in [1.82, 2.24) is 15.6 Å².